The molecule has 0 N–H and O–H groups in total. The number of hydrogen-bond donors (Lipinski definition) is 0. The number of piperazine rings is 1. The van der Waals surface area contributed by atoms with E-state index in [0.717, 1.165) is 9.80 Å². The minimum Gasteiger partial charge on any atom is -0.493 e. The Kier molecular flexibility index (Phi) is 6.17. The van der Waals surface area contributed by atoms with Crippen molar-refractivity contribution in [3.63, 3.8) is 0 Å². The maximum atomic E-state index is 12.8. The zero-order chi connectivity index (χ0) is 21.2. The van der Waals surface area contributed by atoms with E-state index in [1.807, 2.05) is 0 Å². The lowest BCUT2D eigenvalue weighted by molar-refractivity contribution is -0.166. The first kappa shape index (κ1) is 21.1. The molecule has 1 aliphatic heterocycles. The normalized spacial score (nSPS) is 16.8. The second-order valence-electron chi connectivity index (χ2n) is 6.48. The van der Waals surface area contributed by atoms with E-state index in [1.54, 1.807) is 13.0 Å². The first-order valence-electron chi connectivity index (χ1n) is 8.57. The summed E-state index contributed by atoms with van der Waals surface area (Å²) in [6, 6.07) is 2.05. The maximum Gasteiger partial charge on any atom is 0.308 e. The van der Waals surface area contributed by atoms with Crippen LogP contribution in [0.1, 0.15) is 31.9 Å². The number of imide groups is 2. The van der Waals surface area contributed by atoms with E-state index in [1.165, 1.54) is 33.9 Å². The zero-order valence-electron chi connectivity index (χ0n) is 16.4. The Morgan fingerprint density at radius 2 is 1.75 bits per heavy atom. The summed E-state index contributed by atoms with van der Waals surface area (Å²) in [6.45, 7) is 4.87. The Morgan fingerprint density at radius 1 is 1.11 bits per heavy atom. The summed E-state index contributed by atoms with van der Waals surface area (Å²) in [4.78, 5) is 61.9. The first-order valence-corrected chi connectivity index (χ1v) is 8.57. The van der Waals surface area contributed by atoms with E-state index in [9.17, 15) is 24.0 Å². The number of aryl methyl sites for hydroxylation is 1. The predicted octanol–water partition coefficient (Wildman–Crippen LogP) is 0.604. The van der Waals surface area contributed by atoms with Crippen LogP contribution in [0.2, 0.25) is 0 Å². The van der Waals surface area contributed by atoms with Gasteiger partial charge in [-0.3, -0.25) is 33.8 Å². The van der Waals surface area contributed by atoms with Crippen molar-refractivity contribution in [3.05, 3.63) is 23.3 Å². The van der Waals surface area contributed by atoms with Gasteiger partial charge in [0.25, 0.3) is 5.91 Å². The highest BCUT2D eigenvalue weighted by Crippen LogP contribution is 2.33. The third kappa shape index (κ3) is 4.19. The van der Waals surface area contributed by atoms with Crippen molar-refractivity contribution < 1.29 is 33.4 Å². The minimum absolute atomic E-state index is 0.0347. The quantitative estimate of drug-likeness (QED) is 0.547. The van der Waals surface area contributed by atoms with Crippen molar-refractivity contribution in [2.45, 2.75) is 40.2 Å². The second kappa shape index (κ2) is 8.20. The Morgan fingerprint density at radius 3 is 2.25 bits per heavy atom. The van der Waals surface area contributed by atoms with E-state index >= 15 is 0 Å². The Bertz CT molecular complexity index is 862. The van der Waals surface area contributed by atoms with E-state index in [-0.39, 0.29) is 12.2 Å². The fourth-order valence-electron chi connectivity index (χ4n) is 3.24. The molecular formula is C19H22N2O7. The SMILES string of the molecule is COc1c(C)cc(CC2C(=O)N(C(C)=O)CC(=O)N2C(C)=O)cc1OC(C)=O. The van der Waals surface area contributed by atoms with Gasteiger partial charge in [-0.2, -0.15) is 0 Å². The molecule has 0 spiro atoms. The van der Waals surface area contributed by atoms with Crippen molar-refractivity contribution in [3.8, 4) is 11.5 Å². The van der Waals surface area contributed by atoms with Crippen LogP contribution in [0, 0.1) is 6.92 Å². The van der Waals surface area contributed by atoms with Crippen LogP contribution in [0.3, 0.4) is 0 Å². The Hall–Kier alpha value is -3.23. The lowest BCUT2D eigenvalue weighted by Gasteiger charge is -2.37. The summed E-state index contributed by atoms with van der Waals surface area (Å²) in [7, 11) is 1.43. The standard InChI is InChI=1S/C19H22N2O7/c1-10-6-14(8-16(18(10)27-5)28-13(4)24)7-15-19(26)20(11(2)22)9-17(25)21(15)12(3)23/h6,8,15H,7,9H2,1-5H3. The van der Waals surface area contributed by atoms with Crippen molar-refractivity contribution in [2.24, 2.45) is 0 Å². The van der Waals surface area contributed by atoms with E-state index in [0.29, 0.717) is 16.9 Å². The molecule has 4 amide bonds. The number of nitrogens with zero attached hydrogens (tertiary/aromatic N) is 2. The smallest absolute Gasteiger partial charge is 0.308 e. The molecule has 1 aromatic carbocycles. The third-order valence-corrected chi connectivity index (χ3v) is 4.33. The van der Waals surface area contributed by atoms with Gasteiger partial charge in [-0.15, -0.1) is 0 Å². The van der Waals surface area contributed by atoms with Crippen molar-refractivity contribution in [1.29, 1.82) is 0 Å². The van der Waals surface area contributed by atoms with Gasteiger partial charge >= 0.3 is 5.97 Å². The molecule has 1 unspecified atom stereocenters. The van der Waals surface area contributed by atoms with Gasteiger partial charge in [-0.1, -0.05) is 6.07 Å². The second-order valence-corrected chi connectivity index (χ2v) is 6.48. The largest absolute Gasteiger partial charge is 0.493 e. The van der Waals surface area contributed by atoms with Crippen LogP contribution >= 0.6 is 0 Å². The third-order valence-electron chi connectivity index (χ3n) is 4.33. The number of ether oxygens (including phenoxy) is 2. The summed E-state index contributed by atoms with van der Waals surface area (Å²) in [6.07, 6.45) is -0.0347. The van der Waals surface area contributed by atoms with Gasteiger partial charge in [0, 0.05) is 27.2 Å². The lowest BCUT2D eigenvalue weighted by atomic mass is 9.98. The molecule has 0 aromatic heterocycles. The highest BCUT2D eigenvalue weighted by Gasteiger charge is 2.43. The van der Waals surface area contributed by atoms with Crippen LogP contribution in [-0.4, -0.2) is 59.1 Å². The van der Waals surface area contributed by atoms with Crippen LogP contribution in [0.15, 0.2) is 12.1 Å². The molecule has 0 saturated carbocycles. The van der Waals surface area contributed by atoms with Gasteiger partial charge < -0.3 is 9.47 Å². The fraction of sp³-hybridized carbons (Fsp3) is 0.421. The van der Waals surface area contributed by atoms with Gasteiger partial charge in [0.05, 0.1) is 7.11 Å². The number of carbonyl (C=O) groups is 5. The number of hydrogen-bond acceptors (Lipinski definition) is 7. The monoisotopic (exact) mass is 390 g/mol. The molecule has 1 heterocycles. The van der Waals surface area contributed by atoms with Crippen molar-refractivity contribution >= 4 is 29.6 Å². The summed E-state index contributed by atoms with van der Waals surface area (Å²) in [5.74, 6) is -2.44. The topological polar surface area (TPSA) is 110 Å². The van der Waals surface area contributed by atoms with Crippen LogP contribution in [-0.2, 0) is 30.4 Å². The molecule has 2 rings (SSSR count). The van der Waals surface area contributed by atoms with Crippen LogP contribution in [0.4, 0.5) is 0 Å². The first-order chi connectivity index (χ1) is 13.1. The van der Waals surface area contributed by atoms with Gasteiger partial charge in [0.15, 0.2) is 11.5 Å². The highest BCUT2D eigenvalue weighted by molar-refractivity contribution is 6.09. The average molecular weight is 390 g/mol. The average Bonchev–Trinajstić information content (AvgIpc) is 2.56. The van der Waals surface area contributed by atoms with Crippen molar-refractivity contribution in [2.75, 3.05) is 13.7 Å². The molecule has 1 aromatic rings. The summed E-state index contributed by atoms with van der Waals surface area (Å²) < 4.78 is 10.4. The van der Waals surface area contributed by atoms with E-state index in [2.05, 4.69) is 0 Å². The van der Waals surface area contributed by atoms with Gasteiger partial charge in [-0.05, 0) is 24.1 Å². The molecule has 0 radical (unpaired) electrons. The highest BCUT2D eigenvalue weighted by atomic mass is 16.6. The molecule has 1 atom stereocenters. The number of benzene rings is 1. The molecule has 0 aliphatic carbocycles. The van der Waals surface area contributed by atoms with E-state index in [4.69, 9.17) is 9.47 Å². The van der Waals surface area contributed by atoms with Crippen LogP contribution in [0.5, 0.6) is 11.5 Å². The maximum absolute atomic E-state index is 12.8. The molecule has 9 nitrogen and oxygen atoms in total. The Balaban J connectivity index is 2.47. The van der Waals surface area contributed by atoms with Crippen LogP contribution in [0.25, 0.3) is 0 Å². The summed E-state index contributed by atoms with van der Waals surface area (Å²) in [5.41, 5.74) is 1.18. The summed E-state index contributed by atoms with van der Waals surface area (Å²) >= 11 is 0. The number of carbonyl (C=O) groups excluding carboxylic acids is 5. The number of esters is 1. The number of rotatable bonds is 4. The molecule has 1 fully saturated rings. The zero-order valence-corrected chi connectivity index (χ0v) is 16.4. The van der Waals surface area contributed by atoms with Gasteiger partial charge in [0.1, 0.15) is 12.6 Å². The molecule has 1 saturated heterocycles. The predicted molar refractivity (Wildman–Crippen MR) is 96.5 cm³/mol. The van der Waals surface area contributed by atoms with Crippen LogP contribution < -0.4 is 9.47 Å². The molecule has 28 heavy (non-hydrogen) atoms. The number of methoxy groups -OCH3 is 1. The lowest BCUT2D eigenvalue weighted by Crippen LogP contribution is -2.62. The van der Waals surface area contributed by atoms with Gasteiger partial charge in [-0.25, -0.2) is 0 Å². The van der Waals surface area contributed by atoms with E-state index < -0.39 is 42.2 Å². The Labute approximate surface area is 162 Å². The molecule has 1 aliphatic rings. The molecule has 0 bridgehead atoms. The minimum atomic E-state index is -1.17. The number of amides is 4. The molecule has 150 valence electrons. The molecular weight excluding hydrogens is 368 g/mol. The summed E-state index contributed by atoms with van der Waals surface area (Å²) in [5, 5.41) is 0. The van der Waals surface area contributed by atoms with Gasteiger partial charge in [0.2, 0.25) is 17.7 Å². The molecule has 9 heteroatoms. The fourth-order valence-corrected chi connectivity index (χ4v) is 3.24. The van der Waals surface area contributed by atoms with Crippen molar-refractivity contribution in [1.82, 2.24) is 9.80 Å².